The summed E-state index contributed by atoms with van der Waals surface area (Å²) in [5.74, 6) is -3.63. The molecule has 0 aromatic heterocycles. The second-order valence-corrected chi connectivity index (χ2v) is 5.40. The second-order valence-electron chi connectivity index (χ2n) is 4.99. The number of benzene rings is 1. The van der Waals surface area contributed by atoms with E-state index in [2.05, 4.69) is 0 Å². The Morgan fingerprint density at radius 1 is 1.24 bits per heavy atom. The van der Waals surface area contributed by atoms with Gasteiger partial charge in [-0.15, -0.1) is 0 Å². The first-order chi connectivity index (χ1) is 9.67. The molecule has 0 bridgehead atoms. The summed E-state index contributed by atoms with van der Waals surface area (Å²) in [4.78, 5) is 12.7. The largest absolute Gasteiger partial charge is 0.406 e. The van der Waals surface area contributed by atoms with Crippen LogP contribution in [0.5, 0.6) is 0 Å². The van der Waals surface area contributed by atoms with Crippen LogP contribution in [-0.4, -0.2) is 30.1 Å². The molecule has 1 aromatic rings. The van der Waals surface area contributed by atoms with Gasteiger partial charge in [0.2, 0.25) is 0 Å². The Balaban J connectivity index is 2.26. The van der Waals surface area contributed by atoms with Gasteiger partial charge >= 0.3 is 6.18 Å². The van der Waals surface area contributed by atoms with Crippen LogP contribution in [0.25, 0.3) is 0 Å². The molecule has 0 N–H and O–H groups in total. The van der Waals surface area contributed by atoms with Crippen molar-refractivity contribution in [2.24, 2.45) is 5.92 Å². The molecule has 1 aliphatic carbocycles. The highest BCUT2D eigenvalue weighted by molar-refractivity contribution is 6.33. The smallest absolute Gasteiger partial charge is 0.329 e. The molecule has 0 aliphatic heterocycles. The molecule has 21 heavy (non-hydrogen) atoms. The van der Waals surface area contributed by atoms with Gasteiger partial charge in [0.05, 0.1) is 10.6 Å². The van der Waals surface area contributed by atoms with E-state index >= 15 is 0 Å². The van der Waals surface area contributed by atoms with Crippen LogP contribution in [-0.2, 0) is 0 Å². The zero-order chi connectivity index (χ0) is 15.8. The van der Waals surface area contributed by atoms with Crippen molar-refractivity contribution in [3.05, 3.63) is 34.4 Å². The average molecular weight is 328 g/mol. The Bertz CT molecular complexity index is 556. The van der Waals surface area contributed by atoms with E-state index in [9.17, 15) is 26.7 Å². The Morgan fingerprint density at radius 2 is 1.81 bits per heavy atom. The topological polar surface area (TPSA) is 20.3 Å². The van der Waals surface area contributed by atoms with E-state index in [1.54, 1.807) is 0 Å². The van der Waals surface area contributed by atoms with Crippen molar-refractivity contribution in [3.63, 3.8) is 0 Å². The lowest BCUT2D eigenvalue weighted by Gasteiger charge is -2.24. The Morgan fingerprint density at radius 3 is 2.33 bits per heavy atom. The highest BCUT2D eigenvalue weighted by Crippen LogP contribution is 2.32. The van der Waals surface area contributed by atoms with Gasteiger partial charge in [-0.2, -0.15) is 13.2 Å². The van der Waals surface area contributed by atoms with E-state index in [-0.39, 0.29) is 12.5 Å². The molecule has 1 aliphatic rings. The fourth-order valence-electron chi connectivity index (χ4n) is 1.90. The first kappa shape index (κ1) is 16.0. The van der Waals surface area contributed by atoms with Crippen molar-refractivity contribution in [2.75, 3.05) is 13.1 Å². The third-order valence-electron chi connectivity index (χ3n) is 3.07. The van der Waals surface area contributed by atoms with Crippen LogP contribution in [0.15, 0.2) is 12.1 Å². The molecule has 2 rings (SSSR count). The van der Waals surface area contributed by atoms with Gasteiger partial charge in [-0.05, 0) is 30.9 Å². The summed E-state index contributed by atoms with van der Waals surface area (Å²) in [6.45, 7) is -1.52. The summed E-state index contributed by atoms with van der Waals surface area (Å²) in [5.41, 5.74) is -0.472. The quantitative estimate of drug-likeness (QED) is 0.604. The summed E-state index contributed by atoms with van der Waals surface area (Å²) in [6, 6.07) is 1.10. The monoisotopic (exact) mass is 327 g/mol. The number of carbonyl (C=O) groups is 1. The molecule has 1 saturated carbocycles. The molecule has 0 spiro atoms. The first-order valence-corrected chi connectivity index (χ1v) is 6.56. The van der Waals surface area contributed by atoms with Crippen LogP contribution in [0.4, 0.5) is 22.0 Å². The SMILES string of the molecule is O=C(c1cc(F)c(F)cc1Cl)N(CC1CC1)CC(F)(F)F. The van der Waals surface area contributed by atoms with Gasteiger partial charge in [-0.25, -0.2) is 8.78 Å². The molecular formula is C13H11ClF5NO. The Hall–Kier alpha value is -1.37. The van der Waals surface area contributed by atoms with E-state index in [1.165, 1.54) is 0 Å². The minimum Gasteiger partial charge on any atom is -0.329 e. The summed E-state index contributed by atoms with van der Waals surface area (Å²) in [5, 5.41) is -0.415. The lowest BCUT2D eigenvalue weighted by atomic mass is 10.1. The van der Waals surface area contributed by atoms with Crippen LogP contribution in [0.1, 0.15) is 23.2 Å². The fourth-order valence-corrected chi connectivity index (χ4v) is 2.14. The molecule has 116 valence electrons. The average Bonchev–Trinajstić information content (AvgIpc) is 3.14. The van der Waals surface area contributed by atoms with Crippen molar-refractivity contribution in [1.82, 2.24) is 4.90 Å². The van der Waals surface area contributed by atoms with E-state index in [4.69, 9.17) is 11.6 Å². The van der Waals surface area contributed by atoms with Gasteiger partial charge in [0, 0.05) is 6.54 Å². The van der Waals surface area contributed by atoms with Crippen LogP contribution in [0, 0.1) is 17.6 Å². The summed E-state index contributed by atoms with van der Waals surface area (Å²) in [6.07, 6.45) is -3.09. The highest BCUT2D eigenvalue weighted by atomic mass is 35.5. The number of halogens is 6. The normalized spacial score (nSPS) is 15.1. The number of hydrogen-bond donors (Lipinski definition) is 0. The maximum absolute atomic E-state index is 13.2. The molecule has 0 saturated heterocycles. The van der Waals surface area contributed by atoms with Gasteiger partial charge in [0.15, 0.2) is 11.6 Å². The van der Waals surface area contributed by atoms with Crippen molar-refractivity contribution in [3.8, 4) is 0 Å². The lowest BCUT2D eigenvalue weighted by molar-refractivity contribution is -0.141. The molecule has 1 fully saturated rings. The number of nitrogens with zero attached hydrogens (tertiary/aromatic N) is 1. The van der Waals surface area contributed by atoms with Gasteiger partial charge in [0.1, 0.15) is 6.54 Å². The van der Waals surface area contributed by atoms with Crippen molar-refractivity contribution < 1.29 is 26.7 Å². The number of rotatable bonds is 4. The highest BCUT2D eigenvalue weighted by Gasteiger charge is 2.37. The van der Waals surface area contributed by atoms with E-state index in [0.29, 0.717) is 17.0 Å². The number of amides is 1. The molecular weight excluding hydrogens is 317 g/mol. The zero-order valence-electron chi connectivity index (χ0n) is 10.7. The fraction of sp³-hybridized carbons (Fsp3) is 0.462. The number of alkyl halides is 3. The van der Waals surface area contributed by atoms with Crippen molar-refractivity contribution in [2.45, 2.75) is 19.0 Å². The van der Waals surface area contributed by atoms with Gasteiger partial charge in [-0.1, -0.05) is 11.6 Å². The molecule has 8 heteroatoms. The van der Waals surface area contributed by atoms with Crippen LogP contribution in [0.2, 0.25) is 5.02 Å². The second kappa shape index (κ2) is 5.79. The van der Waals surface area contributed by atoms with Crippen molar-refractivity contribution in [1.29, 1.82) is 0 Å². The predicted molar refractivity (Wildman–Crippen MR) is 66.1 cm³/mol. The van der Waals surface area contributed by atoms with Crippen LogP contribution < -0.4 is 0 Å². The molecule has 0 radical (unpaired) electrons. The maximum Gasteiger partial charge on any atom is 0.406 e. The third-order valence-corrected chi connectivity index (χ3v) is 3.39. The first-order valence-electron chi connectivity index (χ1n) is 6.18. The lowest BCUT2D eigenvalue weighted by Crippen LogP contribution is -2.40. The standard InChI is InChI=1S/C13H11ClF5NO/c14-9-4-11(16)10(15)3-8(9)12(21)20(5-7-1-2-7)6-13(17,18)19/h3-4,7H,1-2,5-6H2. The third kappa shape index (κ3) is 4.30. The molecule has 1 aromatic carbocycles. The number of carbonyl (C=O) groups excluding carboxylic acids is 1. The maximum atomic E-state index is 13.2. The van der Waals surface area contributed by atoms with Gasteiger partial charge < -0.3 is 4.90 Å². The Labute approximate surface area is 122 Å². The van der Waals surface area contributed by atoms with Crippen LogP contribution in [0.3, 0.4) is 0 Å². The molecule has 0 unspecified atom stereocenters. The molecule has 0 atom stereocenters. The summed E-state index contributed by atoms with van der Waals surface area (Å²) < 4.78 is 63.7. The van der Waals surface area contributed by atoms with Crippen LogP contribution >= 0.6 is 11.6 Å². The summed E-state index contributed by atoms with van der Waals surface area (Å²) in [7, 11) is 0. The van der Waals surface area contributed by atoms with E-state index in [0.717, 1.165) is 12.8 Å². The molecule has 2 nitrogen and oxygen atoms in total. The number of hydrogen-bond acceptors (Lipinski definition) is 1. The zero-order valence-corrected chi connectivity index (χ0v) is 11.4. The van der Waals surface area contributed by atoms with Gasteiger partial charge in [-0.3, -0.25) is 4.79 Å². The van der Waals surface area contributed by atoms with E-state index < -0.39 is 40.8 Å². The van der Waals surface area contributed by atoms with Gasteiger partial charge in [0.25, 0.3) is 5.91 Å². The van der Waals surface area contributed by atoms with Crippen molar-refractivity contribution >= 4 is 17.5 Å². The summed E-state index contributed by atoms with van der Waals surface area (Å²) >= 11 is 5.63. The predicted octanol–water partition coefficient (Wildman–Crippen LogP) is 4.03. The minimum absolute atomic E-state index is 0.0142. The Kier molecular flexibility index (Phi) is 4.41. The molecule has 0 heterocycles. The molecule has 1 amide bonds. The van der Waals surface area contributed by atoms with E-state index in [1.807, 2.05) is 0 Å². The minimum atomic E-state index is -4.57.